The van der Waals surface area contributed by atoms with Gasteiger partial charge in [0.1, 0.15) is 11.5 Å². The number of aromatic nitrogens is 3. The number of hydrogen-bond donors (Lipinski definition) is 4. The number of furan rings is 1. The first-order valence-electron chi connectivity index (χ1n) is 8.75. The molecule has 8 nitrogen and oxygen atoms in total. The number of aromatic hydroxyl groups is 1. The molecule has 0 amide bonds. The zero-order valence-electron chi connectivity index (χ0n) is 15.1. The summed E-state index contributed by atoms with van der Waals surface area (Å²) in [6, 6.07) is 18.0. The maximum Gasteiger partial charge on any atom is 0.233 e. The van der Waals surface area contributed by atoms with Crippen LogP contribution in [0.2, 0.25) is 0 Å². The van der Waals surface area contributed by atoms with Crippen molar-refractivity contribution in [3.63, 3.8) is 0 Å². The van der Waals surface area contributed by atoms with Crippen LogP contribution in [0.4, 0.5) is 29.2 Å². The first-order chi connectivity index (χ1) is 14.1. The lowest BCUT2D eigenvalue weighted by Gasteiger charge is -2.11. The van der Waals surface area contributed by atoms with E-state index in [4.69, 9.17) is 4.42 Å². The Morgan fingerprint density at radius 3 is 1.97 bits per heavy atom. The molecule has 2 heterocycles. The third kappa shape index (κ3) is 5.23. The van der Waals surface area contributed by atoms with Crippen molar-refractivity contribution in [2.45, 2.75) is 6.54 Å². The number of benzene rings is 2. The summed E-state index contributed by atoms with van der Waals surface area (Å²) in [6.07, 6.45) is 1.61. The Morgan fingerprint density at radius 1 is 0.793 bits per heavy atom. The summed E-state index contributed by atoms with van der Waals surface area (Å²) in [5.41, 5.74) is 1.58. The van der Waals surface area contributed by atoms with Gasteiger partial charge in [0, 0.05) is 15.8 Å². The number of phenols is 1. The van der Waals surface area contributed by atoms with Gasteiger partial charge in [0.25, 0.3) is 0 Å². The number of nitrogens with one attached hydrogen (secondary N) is 3. The molecule has 9 heteroatoms. The van der Waals surface area contributed by atoms with Gasteiger partial charge in [-0.25, -0.2) is 0 Å². The molecular weight excluding hydrogens is 436 g/mol. The Hall–Kier alpha value is -3.59. The van der Waals surface area contributed by atoms with Crippen LogP contribution < -0.4 is 16.0 Å². The molecule has 0 atom stereocenters. The predicted octanol–water partition coefficient (Wildman–Crippen LogP) is 5.03. The van der Waals surface area contributed by atoms with Crippen LogP contribution in [0.5, 0.6) is 5.75 Å². The van der Waals surface area contributed by atoms with E-state index in [-0.39, 0.29) is 5.75 Å². The minimum atomic E-state index is 0.185. The van der Waals surface area contributed by atoms with Crippen molar-refractivity contribution >= 4 is 45.1 Å². The highest BCUT2D eigenvalue weighted by Gasteiger charge is 2.09. The second kappa shape index (κ2) is 8.61. The molecule has 0 saturated heterocycles. The van der Waals surface area contributed by atoms with Crippen molar-refractivity contribution < 1.29 is 9.52 Å². The Morgan fingerprint density at radius 2 is 1.38 bits per heavy atom. The Bertz CT molecular complexity index is 1000. The molecule has 2 aromatic heterocycles. The number of phenolic OH excluding ortho intramolecular Hbond substituents is 1. The van der Waals surface area contributed by atoms with Crippen molar-refractivity contribution in [3.05, 3.63) is 77.2 Å². The molecule has 0 spiro atoms. The summed E-state index contributed by atoms with van der Waals surface area (Å²) in [6.45, 7) is 0.438. The van der Waals surface area contributed by atoms with Crippen LogP contribution in [-0.4, -0.2) is 20.1 Å². The first kappa shape index (κ1) is 18.8. The van der Waals surface area contributed by atoms with Gasteiger partial charge < -0.3 is 25.5 Å². The lowest BCUT2D eigenvalue weighted by atomic mass is 10.3. The molecule has 0 saturated carbocycles. The molecular formula is C20H17BrN6O2. The van der Waals surface area contributed by atoms with Gasteiger partial charge in [0.05, 0.1) is 12.8 Å². The van der Waals surface area contributed by atoms with Crippen molar-refractivity contribution in [1.82, 2.24) is 15.0 Å². The van der Waals surface area contributed by atoms with E-state index in [2.05, 4.69) is 46.8 Å². The lowest BCUT2D eigenvalue weighted by molar-refractivity contribution is 0.475. The van der Waals surface area contributed by atoms with E-state index >= 15 is 0 Å². The number of nitrogens with zero attached hydrogens (tertiary/aromatic N) is 3. The molecule has 2 aromatic carbocycles. The maximum absolute atomic E-state index is 9.45. The fraction of sp³-hybridized carbons (Fsp3) is 0.0500. The summed E-state index contributed by atoms with van der Waals surface area (Å²) in [5.74, 6) is 2.07. The first-order valence-corrected chi connectivity index (χ1v) is 9.54. The normalized spacial score (nSPS) is 10.5. The Labute approximate surface area is 175 Å². The molecule has 0 radical (unpaired) electrons. The van der Waals surface area contributed by atoms with Gasteiger partial charge in [0.2, 0.25) is 17.8 Å². The zero-order chi connectivity index (χ0) is 20.1. The quantitative estimate of drug-likeness (QED) is 0.289. The standard InChI is InChI=1S/C20H17BrN6O2/c21-13-3-5-14(6-4-13)23-19-25-18(22-12-17-2-1-11-29-17)26-20(27-19)24-15-7-9-16(28)10-8-15/h1-11,28H,12H2,(H3,22,23,24,25,26,27). The average Bonchev–Trinajstić information content (AvgIpc) is 3.24. The van der Waals surface area contributed by atoms with E-state index in [0.29, 0.717) is 24.4 Å². The summed E-state index contributed by atoms with van der Waals surface area (Å²) < 4.78 is 6.32. The minimum absolute atomic E-state index is 0.185. The molecule has 0 aliphatic carbocycles. The lowest BCUT2D eigenvalue weighted by Crippen LogP contribution is -2.09. The summed E-state index contributed by atoms with van der Waals surface area (Å²) >= 11 is 3.42. The molecule has 0 aliphatic rings. The van der Waals surface area contributed by atoms with E-state index in [0.717, 1.165) is 21.6 Å². The SMILES string of the molecule is Oc1ccc(Nc2nc(NCc3ccco3)nc(Nc3ccc(Br)cc3)n2)cc1. The van der Waals surface area contributed by atoms with Crippen molar-refractivity contribution in [2.75, 3.05) is 16.0 Å². The highest BCUT2D eigenvalue weighted by molar-refractivity contribution is 9.10. The van der Waals surface area contributed by atoms with Gasteiger partial charge in [-0.3, -0.25) is 0 Å². The van der Waals surface area contributed by atoms with Crippen molar-refractivity contribution in [3.8, 4) is 5.75 Å². The number of hydrogen-bond acceptors (Lipinski definition) is 8. The third-order valence-corrected chi connectivity index (χ3v) is 4.39. The average molecular weight is 453 g/mol. The summed E-state index contributed by atoms with van der Waals surface area (Å²) in [5, 5.41) is 18.9. The Balaban J connectivity index is 1.58. The van der Waals surface area contributed by atoms with Gasteiger partial charge in [0.15, 0.2) is 0 Å². The van der Waals surface area contributed by atoms with Gasteiger partial charge in [-0.05, 0) is 60.7 Å². The van der Waals surface area contributed by atoms with Gasteiger partial charge in [-0.2, -0.15) is 15.0 Å². The molecule has 146 valence electrons. The summed E-state index contributed by atoms with van der Waals surface area (Å²) in [7, 11) is 0. The molecule has 4 aromatic rings. The Kier molecular flexibility index (Phi) is 5.57. The van der Waals surface area contributed by atoms with Crippen molar-refractivity contribution in [1.29, 1.82) is 0 Å². The second-order valence-corrected chi connectivity index (χ2v) is 6.96. The number of rotatable bonds is 7. The van der Waals surface area contributed by atoms with E-state index in [1.54, 1.807) is 30.5 Å². The van der Waals surface area contributed by atoms with Crippen LogP contribution in [-0.2, 0) is 6.54 Å². The third-order valence-electron chi connectivity index (χ3n) is 3.86. The highest BCUT2D eigenvalue weighted by atomic mass is 79.9. The number of halogens is 1. The second-order valence-electron chi connectivity index (χ2n) is 6.04. The molecule has 4 N–H and O–H groups in total. The van der Waals surface area contributed by atoms with E-state index in [1.807, 2.05) is 36.4 Å². The van der Waals surface area contributed by atoms with Crippen LogP contribution in [0.25, 0.3) is 0 Å². The van der Waals surface area contributed by atoms with Gasteiger partial charge >= 0.3 is 0 Å². The zero-order valence-corrected chi connectivity index (χ0v) is 16.7. The number of anilines is 5. The molecule has 0 fully saturated rings. The van der Waals surface area contributed by atoms with E-state index < -0.39 is 0 Å². The van der Waals surface area contributed by atoms with E-state index in [9.17, 15) is 5.11 Å². The van der Waals surface area contributed by atoms with Crippen LogP contribution in [0.1, 0.15) is 5.76 Å². The molecule has 0 bridgehead atoms. The molecule has 29 heavy (non-hydrogen) atoms. The fourth-order valence-electron chi connectivity index (χ4n) is 2.48. The predicted molar refractivity (Wildman–Crippen MR) is 115 cm³/mol. The molecule has 4 rings (SSSR count). The molecule has 0 unspecified atom stereocenters. The van der Waals surface area contributed by atoms with Crippen LogP contribution >= 0.6 is 15.9 Å². The monoisotopic (exact) mass is 452 g/mol. The largest absolute Gasteiger partial charge is 0.508 e. The highest BCUT2D eigenvalue weighted by Crippen LogP contribution is 2.21. The van der Waals surface area contributed by atoms with Crippen LogP contribution in [0.15, 0.2) is 75.8 Å². The molecule has 0 aliphatic heterocycles. The minimum Gasteiger partial charge on any atom is -0.508 e. The topological polar surface area (TPSA) is 108 Å². The van der Waals surface area contributed by atoms with E-state index in [1.165, 1.54) is 0 Å². The van der Waals surface area contributed by atoms with Gasteiger partial charge in [-0.1, -0.05) is 15.9 Å². The maximum atomic E-state index is 9.45. The summed E-state index contributed by atoms with van der Waals surface area (Å²) in [4.78, 5) is 13.3. The van der Waals surface area contributed by atoms with Crippen LogP contribution in [0, 0.1) is 0 Å². The smallest absolute Gasteiger partial charge is 0.233 e. The van der Waals surface area contributed by atoms with Crippen LogP contribution in [0.3, 0.4) is 0 Å². The van der Waals surface area contributed by atoms with Crippen molar-refractivity contribution in [2.24, 2.45) is 0 Å². The fourth-order valence-corrected chi connectivity index (χ4v) is 2.75. The van der Waals surface area contributed by atoms with Gasteiger partial charge in [-0.15, -0.1) is 0 Å².